The van der Waals surface area contributed by atoms with Crippen LogP contribution in [0.5, 0.6) is 0 Å². The molecule has 0 radical (unpaired) electrons. The first-order chi connectivity index (χ1) is 6.97. The van der Waals surface area contributed by atoms with Crippen molar-refractivity contribution in [2.75, 3.05) is 6.61 Å². The van der Waals surface area contributed by atoms with Crippen LogP contribution in [0.4, 0.5) is 0 Å². The van der Waals surface area contributed by atoms with Crippen LogP contribution in [0.2, 0.25) is 0 Å². The molecule has 0 bridgehead atoms. The summed E-state index contributed by atoms with van der Waals surface area (Å²) in [5.74, 6) is 0. The largest absolute Gasteiger partial charge is 0.394 e. The van der Waals surface area contributed by atoms with Crippen LogP contribution >= 0.6 is 0 Å². The second kappa shape index (κ2) is 5.20. The van der Waals surface area contributed by atoms with Crippen molar-refractivity contribution in [3.63, 3.8) is 0 Å². The summed E-state index contributed by atoms with van der Waals surface area (Å²) in [5.41, 5.74) is 5.52. The van der Waals surface area contributed by atoms with Crippen molar-refractivity contribution in [2.24, 2.45) is 5.73 Å². The van der Waals surface area contributed by atoms with Crippen LogP contribution < -0.4 is 5.73 Å². The zero-order valence-electron chi connectivity index (χ0n) is 8.91. The quantitative estimate of drug-likeness (QED) is 0.447. The molecule has 0 aromatic heterocycles. The molecule has 1 heterocycles. The Morgan fingerprint density at radius 3 is 2.47 bits per heavy atom. The molecule has 1 aliphatic heterocycles. The molecule has 6 heteroatoms. The summed E-state index contributed by atoms with van der Waals surface area (Å²) in [6, 6.07) is -0.920. The summed E-state index contributed by atoms with van der Waals surface area (Å²) >= 11 is 0. The summed E-state index contributed by atoms with van der Waals surface area (Å²) < 4.78 is 10.4. The van der Waals surface area contributed by atoms with E-state index in [0.29, 0.717) is 0 Å². The molecular weight excluding hydrogens is 202 g/mol. The Morgan fingerprint density at radius 1 is 1.40 bits per heavy atom. The van der Waals surface area contributed by atoms with Crippen LogP contribution in [0.3, 0.4) is 0 Å². The van der Waals surface area contributed by atoms with Gasteiger partial charge in [0.2, 0.25) is 0 Å². The maximum atomic E-state index is 9.76. The van der Waals surface area contributed by atoms with Crippen molar-refractivity contribution in [2.45, 2.75) is 50.6 Å². The zero-order valence-corrected chi connectivity index (χ0v) is 8.91. The van der Waals surface area contributed by atoms with Crippen LogP contribution in [-0.2, 0) is 9.47 Å². The van der Waals surface area contributed by atoms with Crippen molar-refractivity contribution >= 4 is 0 Å². The summed E-state index contributed by atoms with van der Waals surface area (Å²) in [6.07, 6.45) is -3.91. The molecule has 1 rings (SSSR count). The topological polar surface area (TPSA) is 105 Å². The first kappa shape index (κ1) is 12.8. The van der Waals surface area contributed by atoms with Gasteiger partial charge in [-0.2, -0.15) is 0 Å². The van der Waals surface area contributed by atoms with E-state index >= 15 is 0 Å². The molecule has 5 atom stereocenters. The Labute approximate surface area is 88.6 Å². The van der Waals surface area contributed by atoms with Crippen molar-refractivity contribution in [3.05, 3.63) is 0 Å². The second-order valence-corrected chi connectivity index (χ2v) is 3.97. The average molecular weight is 221 g/mol. The third kappa shape index (κ3) is 2.87. The molecule has 0 saturated carbocycles. The van der Waals surface area contributed by atoms with Gasteiger partial charge in [-0.1, -0.05) is 0 Å². The number of rotatable bonds is 3. The third-order valence-corrected chi connectivity index (χ3v) is 2.35. The monoisotopic (exact) mass is 221 g/mol. The minimum atomic E-state index is -1.27. The predicted molar refractivity (Wildman–Crippen MR) is 52.0 cm³/mol. The summed E-state index contributed by atoms with van der Waals surface area (Å²) in [5, 5.41) is 28.1. The van der Waals surface area contributed by atoms with Gasteiger partial charge in [0.25, 0.3) is 0 Å². The lowest BCUT2D eigenvalue weighted by Gasteiger charge is -2.41. The third-order valence-electron chi connectivity index (χ3n) is 2.35. The first-order valence-electron chi connectivity index (χ1n) is 5.01. The molecule has 0 aliphatic carbocycles. The van der Waals surface area contributed by atoms with Gasteiger partial charge in [0.15, 0.2) is 6.29 Å². The molecule has 0 aromatic carbocycles. The van der Waals surface area contributed by atoms with E-state index in [0.717, 1.165) is 0 Å². The van der Waals surface area contributed by atoms with Gasteiger partial charge >= 0.3 is 0 Å². The Bertz CT molecular complexity index is 199. The number of hydrogen-bond acceptors (Lipinski definition) is 6. The maximum absolute atomic E-state index is 9.76. The molecule has 0 aromatic rings. The Hall–Kier alpha value is -0.240. The molecule has 1 aliphatic rings. The number of hydrogen-bond donors (Lipinski definition) is 4. The van der Waals surface area contributed by atoms with Crippen LogP contribution in [0.1, 0.15) is 13.8 Å². The van der Waals surface area contributed by atoms with Gasteiger partial charge in [0, 0.05) is 0 Å². The highest BCUT2D eigenvalue weighted by Crippen LogP contribution is 2.22. The van der Waals surface area contributed by atoms with E-state index in [4.69, 9.17) is 20.3 Å². The van der Waals surface area contributed by atoms with Crippen LogP contribution in [0.25, 0.3) is 0 Å². The fourth-order valence-corrected chi connectivity index (χ4v) is 1.58. The van der Waals surface area contributed by atoms with Gasteiger partial charge in [-0.25, -0.2) is 0 Å². The lowest BCUT2D eigenvalue weighted by atomic mass is 9.97. The normalized spacial score (nSPS) is 42.2. The molecule has 15 heavy (non-hydrogen) atoms. The molecule has 6 nitrogen and oxygen atoms in total. The fourth-order valence-electron chi connectivity index (χ4n) is 1.58. The second-order valence-electron chi connectivity index (χ2n) is 3.97. The Morgan fingerprint density at radius 2 is 2.00 bits per heavy atom. The van der Waals surface area contributed by atoms with E-state index in [9.17, 15) is 10.2 Å². The van der Waals surface area contributed by atoms with E-state index in [-0.39, 0.29) is 12.7 Å². The molecule has 5 unspecified atom stereocenters. The number of aliphatic hydroxyl groups excluding tert-OH is 3. The SMILES string of the molecule is CC(C)OC1C(CO)OC(O)C(N)C1O. The Kier molecular flexibility index (Phi) is 4.45. The Balaban J connectivity index is 2.70. The minimum absolute atomic E-state index is 0.121. The number of aliphatic hydroxyl groups is 3. The lowest BCUT2D eigenvalue weighted by molar-refractivity contribution is -0.264. The summed E-state index contributed by atoms with van der Waals surface area (Å²) in [7, 11) is 0. The molecule has 0 amide bonds. The molecule has 1 fully saturated rings. The summed E-state index contributed by atoms with van der Waals surface area (Å²) in [4.78, 5) is 0. The zero-order chi connectivity index (χ0) is 11.6. The number of nitrogens with two attached hydrogens (primary N) is 1. The average Bonchev–Trinajstić information content (AvgIpc) is 2.18. The maximum Gasteiger partial charge on any atom is 0.173 e. The predicted octanol–water partition coefficient (Wildman–Crippen LogP) is -1.82. The van der Waals surface area contributed by atoms with Crippen molar-refractivity contribution < 1.29 is 24.8 Å². The van der Waals surface area contributed by atoms with Crippen molar-refractivity contribution in [1.29, 1.82) is 0 Å². The molecule has 0 spiro atoms. The van der Waals surface area contributed by atoms with E-state index in [2.05, 4.69) is 0 Å². The van der Waals surface area contributed by atoms with Gasteiger partial charge < -0.3 is 30.5 Å². The molecule has 5 N–H and O–H groups in total. The summed E-state index contributed by atoms with van der Waals surface area (Å²) in [6.45, 7) is 3.27. The first-order valence-corrected chi connectivity index (χ1v) is 5.01. The van der Waals surface area contributed by atoms with Crippen molar-refractivity contribution in [3.8, 4) is 0 Å². The van der Waals surface area contributed by atoms with Crippen molar-refractivity contribution in [1.82, 2.24) is 0 Å². The van der Waals surface area contributed by atoms with Gasteiger partial charge in [-0.3, -0.25) is 0 Å². The standard InChI is InChI=1S/C9H19NO5/c1-4(2)14-8-5(3-11)15-9(13)6(10)7(8)12/h4-9,11-13H,3,10H2,1-2H3. The van der Waals surface area contributed by atoms with E-state index in [1.165, 1.54) is 0 Å². The molecule has 90 valence electrons. The van der Waals surface area contributed by atoms with Crippen LogP contribution in [-0.4, -0.2) is 58.7 Å². The number of ether oxygens (including phenoxy) is 2. The van der Waals surface area contributed by atoms with Gasteiger partial charge in [0.05, 0.1) is 18.8 Å². The van der Waals surface area contributed by atoms with E-state index in [1.807, 2.05) is 0 Å². The molecular formula is C9H19NO5. The molecule has 1 saturated heterocycles. The van der Waals surface area contributed by atoms with E-state index < -0.39 is 30.6 Å². The van der Waals surface area contributed by atoms with Crippen LogP contribution in [0, 0.1) is 0 Å². The van der Waals surface area contributed by atoms with Gasteiger partial charge in [0.1, 0.15) is 18.3 Å². The van der Waals surface area contributed by atoms with E-state index in [1.54, 1.807) is 13.8 Å². The van der Waals surface area contributed by atoms with Gasteiger partial charge in [-0.05, 0) is 13.8 Å². The lowest BCUT2D eigenvalue weighted by Crippen LogP contribution is -2.62. The fraction of sp³-hybridized carbons (Fsp3) is 1.00. The van der Waals surface area contributed by atoms with Crippen LogP contribution in [0.15, 0.2) is 0 Å². The van der Waals surface area contributed by atoms with Gasteiger partial charge in [-0.15, -0.1) is 0 Å². The highest BCUT2D eigenvalue weighted by Gasteiger charge is 2.43. The smallest absolute Gasteiger partial charge is 0.173 e. The highest BCUT2D eigenvalue weighted by atomic mass is 16.6. The highest BCUT2D eigenvalue weighted by molar-refractivity contribution is 4.92. The minimum Gasteiger partial charge on any atom is -0.394 e.